The van der Waals surface area contributed by atoms with E-state index in [1.165, 1.54) is 23.7 Å². The molecule has 0 saturated carbocycles. The third-order valence-corrected chi connectivity index (χ3v) is 5.12. The van der Waals surface area contributed by atoms with Crippen molar-refractivity contribution < 1.29 is 4.79 Å². The van der Waals surface area contributed by atoms with Crippen molar-refractivity contribution in [1.82, 2.24) is 10.2 Å². The zero-order chi connectivity index (χ0) is 16.5. The summed E-state index contributed by atoms with van der Waals surface area (Å²) >= 11 is 3.70. The van der Waals surface area contributed by atoms with E-state index in [4.69, 9.17) is 0 Å². The molecule has 0 bridgehead atoms. The molecule has 1 aliphatic heterocycles. The Bertz CT molecular complexity index is 515. The van der Waals surface area contributed by atoms with Gasteiger partial charge in [-0.15, -0.1) is 0 Å². The Balaban J connectivity index is 1.86. The standard InChI is InChI=1S/C19H27BrN2O/c1-2-3-4-8-12-17(20)18-13-9-14-22(18)19(23)21-15-16-10-6-5-7-11-16/h5-7,10-12,18H,2-4,8-9,13-15H2,1H3,(H,21,23)/b17-12+. The van der Waals surface area contributed by atoms with Gasteiger partial charge in [-0.25, -0.2) is 4.79 Å². The van der Waals surface area contributed by atoms with Crippen LogP contribution < -0.4 is 5.32 Å². The zero-order valence-electron chi connectivity index (χ0n) is 13.9. The molecule has 0 aromatic heterocycles. The number of rotatable bonds is 7. The summed E-state index contributed by atoms with van der Waals surface area (Å²) in [7, 11) is 0. The van der Waals surface area contributed by atoms with Gasteiger partial charge in [0.15, 0.2) is 0 Å². The Hall–Kier alpha value is -1.29. The third-order valence-electron chi connectivity index (χ3n) is 4.27. The van der Waals surface area contributed by atoms with Crippen LogP contribution in [-0.2, 0) is 6.54 Å². The molecule has 1 aromatic rings. The van der Waals surface area contributed by atoms with Gasteiger partial charge in [0, 0.05) is 17.6 Å². The number of benzene rings is 1. The van der Waals surface area contributed by atoms with E-state index in [1.54, 1.807) is 0 Å². The molecular formula is C19H27BrN2O. The summed E-state index contributed by atoms with van der Waals surface area (Å²) in [5, 5.41) is 3.04. The van der Waals surface area contributed by atoms with Crippen molar-refractivity contribution in [1.29, 1.82) is 0 Å². The molecule has 3 nitrogen and oxygen atoms in total. The highest BCUT2D eigenvalue weighted by atomic mass is 79.9. The summed E-state index contributed by atoms with van der Waals surface area (Å²) in [5.41, 5.74) is 1.13. The van der Waals surface area contributed by atoms with Gasteiger partial charge in [0.25, 0.3) is 0 Å². The van der Waals surface area contributed by atoms with Crippen LogP contribution in [0.4, 0.5) is 4.79 Å². The molecule has 1 aliphatic rings. The van der Waals surface area contributed by atoms with E-state index in [1.807, 2.05) is 35.2 Å². The zero-order valence-corrected chi connectivity index (χ0v) is 15.5. The van der Waals surface area contributed by atoms with Crippen molar-refractivity contribution in [2.45, 2.75) is 58.0 Å². The van der Waals surface area contributed by atoms with Crippen molar-refractivity contribution in [3.8, 4) is 0 Å². The Morgan fingerprint density at radius 1 is 1.35 bits per heavy atom. The van der Waals surface area contributed by atoms with Crippen LogP contribution in [0.3, 0.4) is 0 Å². The van der Waals surface area contributed by atoms with Crippen molar-refractivity contribution in [3.63, 3.8) is 0 Å². The van der Waals surface area contributed by atoms with Crippen LogP contribution in [0.15, 0.2) is 40.9 Å². The van der Waals surface area contributed by atoms with E-state index in [9.17, 15) is 4.79 Å². The lowest BCUT2D eigenvalue weighted by molar-refractivity contribution is 0.199. The quantitative estimate of drug-likeness (QED) is 0.648. The second kappa shape index (κ2) is 9.76. The van der Waals surface area contributed by atoms with Gasteiger partial charge in [-0.3, -0.25) is 0 Å². The normalized spacial score (nSPS) is 18.3. The van der Waals surface area contributed by atoms with Gasteiger partial charge in [0.05, 0.1) is 6.04 Å². The number of unbranched alkanes of at least 4 members (excludes halogenated alkanes) is 3. The molecule has 0 spiro atoms. The molecule has 1 atom stereocenters. The first-order valence-electron chi connectivity index (χ1n) is 8.66. The number of nitrogens with one attached hydrogen (secondary N) is 1. The van der Waals surface area contributed by atoms with Crippen molar-refractivity contribution in [2.75, 3.05) is 6.54 Å². The molecule has 1 unspecified atom stereocenters. The van der Waals surface area contributed by atoms with E-state index in [0.29, 0.717) is 6.54 Å². The molecule has 0 aliphatic carbocycles. The highest BCUT2D eigenvalue weighted by Crippen LogP contribution is 2.28. The maximum atomic E-state index is 12.5. The predicted octanol–water partition coefficient (Wildman–Crippen LogP) is 5.22. The van der Waals surface area contributed by atoms with Crippen LogP contribution >= 0.6 is 15.9 Å². The SMILES string of the molecule is CCCCC/C=C(/Br)C1CCCN1C(=O)NCc1ccccc1. The number of nitrogens with zero attached hydrogens (tertiary/aromatic N) is 1. The lowest BCUT2D eigenvalue weighted by Crippen LogP contribution is -2.42. The number of allylic oxidation sites excluding steroid dienone is 1. The van der Waals surface area contributed by atoms with Crippen molar-refractivity contribution >= 4 is 22.0 Å². The molecular weight excluding hydrogens is 352 g/mol. The summed E-state index contributed by atoms with van der Waals surface area (Å²) in [5.74, 6) is 0. The fourth-order valence-corrected chi connectivity index (χ4v) is 3.65. The Morgan fingerprint density at radius 2 is 2.13 bits per heavy atom. The summed E-state index contributed by atoms with van der Waals surface area (Å²) in [6.45, 7) is 3.64. The van der Waals surface area contributed by atoms with Crippen molar-refractivity contribution in [3.05, 3.63) is 46.5 Å². The molecule has 2 amide bonds. The molecule has 1 N–H and O–H groups in total. The van der Waals surface area contributed by atoms with Gasteiger partial charge in [0.2, 0.25) is 0 Å². The van der Waals surface area contributed by atoms with Crippen LogP contribution in [0.5, 0.6) is 0 Å². The number of likely N-dealkylation sites (tertiary alicyclic amines) is 1. The monoisotopic (exact) mass is 378 g/mol. The molecule has 1 heterocycles. The molecule has 1 aromatic carbocycles. The minimum atomic E-state index is 0.0373. The second-order valence-corrected chi connectivity index (χ2v) is 7.00. The number of amides is 2. The molecule has 1 fully saturated rings. The minimum Gasteiger partial charge on any atom is -0.334 e. The van der Waals surface area contributed by atoms with Crippen LogP contribution in [0.1, 0.15) is 51.0 Å². The molecule has 1 saturated heterocycles. The largest absolute Gasteiger partial charge is 0.334 e. The number of carbonyl (C=O) groups is 1. The number of carbonyl (C=O) groups excluding carboxylic acids is 1. The smallest absolute Gasteiger partial charge is 0.318 e. The number of halogens is 1. The van der Waals surface area contributed by atoms with E-state index >= 15 is 0 Å². The molecule has 126 valence electrons. The van der Waals surface area contributed by atoms with E-state index in [0.717, 1.165) is 31.4 Å². The maximum Gasteiger partial charge on any atom is 0.318 e. The summed E-state index contributed by atoms with van der Waals surface area (Å²) in [4.78, 5) is 14.4. The summed E-state index contributed by atoms with van der Waals surface area (Å²) in [6.07, 6.45) is 9.18. The number of hydrogen-bond donors (Lipinski definition) is 1. The lowest BCUT2D eigenvalue weighted by Gasteiger charge is -2.25. The Morgan fingerprint density at radius 3 is 2.87 bits per heavy atom. The van der Waals surface area contributed by atoms with Gasteiger partial charge in [-0.1, -0.05) is 72.1 Å². The maximum absolute atomic E-state index is 12.5. The fraction of sp³-hybridized carbons (Fsp3) is 0.526. The highest BCUT2D eigenvalue weighted by Gasteiger charge is 2.30. The predicted molar refractivity (Wildman–Crippen MR) is 99.6 cm³/mol. The van der Waals surface area contributed by atoms with Gasteiger partial charge < -0.3 is 10.2 Å². The van der Waals surface area contributed by atoms with Crippen LogP contribution in [0, 0.1) is 0 Å². The van der Waals surface area contributed by atoms with E-state index < -0.39 is 0 Å². The first-order valence-corrected chi connectivity index (χ1v) is 9.45. The fourth-order valence-electron chi connectivity index (χ4n) is 2.94. The highest BCUT2D eigenvalue weighted by molar-refractivity contribution is 9.11. The Kier molecular flexibility index (Phi) is 7.66. The molecule has 0 radical (unpaired) electrons. The second-order valence-electron chi connectivity index (χ2n) is 6.08. The Labute approximate surface area is 148 Å². The van der Waals surface area contributed by atoms with E-state index in [-0.39, 0.29) is 12.1 Å². The summed E-state index contributed by atoms with van der Waals surface area (Å²) in [6, 6.07) is 10.3. The average Bonchev–Trinajstić information content (AvgIpc) is 3.07. The number of hydrogen-bond acceptors (Lipinski definition) is 1. The van der Waals surface area contributed by atoms with Crippen LogP contribution in [-0.4, -0.2) is 23.5 Å². The van der Waals surface area contributed by atoms with Gasteiger partial charge in [-0.05, 0) is 31.2 Å². The summed E-state index contributed by atoms with van der Waals surface area (Å²) < 4.78 is 1.17. The lowest BCUT2D eigenvalue weighted by atomic mass is 10.1. The third kappa shape index (κ3) is 5.69. The number of urea groups is 1. The van der Waals surface area contributed by atoms with Crippen LogP contribution in [0.2, 0.25) is 0 Å². The van der Waals surface area contributed by atoms with Crippen LogP contribution in [0.25, 0.3) is 0 Å². The first kappa shape index (κ1) is 18.1. The van der Waals surface area contributed by atoms with Gasteiger partial charge in [0.1, 0.15) is 0 Å². The average molecular weight is 379 g/mol. The van der Waals surface area contributed by atoms with E-state index in [2.05, 4.69) is 34.2 Å². The topological polar surface area (TPSA) is 32.3 Å². The minimum absolute atomic E-state index is 0.0373. The molecule has 4 heteroatoms. The molecule has 2 rings (SSSR count). The van der Waals surface area contributed by atoms with Gasteiger partial charge >= 0.3 is 6.03 Å². The van der Waals surface area contributed by atoms with Gasteiger partial charge in [-0.2, -0.15) is 0 Å². The van der Waals surface area contributed by atoms with Crippen molar-refractivity contribution in [2.24, 2.45) is 0 Å². The molecule has 23 heavy (non-hydrogen) atoms. The first-order chi connectivity index (χ1) is 11.2.